The average molecular weight is 359 g/mol. The number of hydrogen-bond acceptors (Lipinski definition) is 3. The average Bonchev–Trinajstić information content (AvgIpc) is 2.65. The second-order valence-electron chi connectivity index (χ2n) is 6.23. The van der Waals surface area contributed by atoms with Gasteiger partial charge in [-0.05, 0) is 67.1 Å². The molecule has 0 unspecified atom stereocenters. The number of nitrogens with one attached hydrogen (secondary N) is 3. The first-order chi connectivity index (χ1) is 13.0. The predicted molar refractivity (Wildman–Crippen MR) is 110 cm³/mol. The maximum absolute atomic E-state index is 12.4. The third kappa shape index (κ3) is 4.95. The highest BCUT2D eigenvalue weighted by Crippen LogP contribution is 2.21. The van der Waals surface area contributed by atoms with Crippen LogP contribution in [0.1, 0.15) is 22.8 Å². The van der Waals surface area contributed by atoms with Crippen molar-refractivity contribution in [3.63, 3.8) is 0 Å². The summed E-state index contributed by atoms with van der Waals surface area (Å²) in [6.45, 7) is 3.39. The fourth-order valence-electron chi connectivity index (χ4n) is 2.67. The molecule has 0 aliphatic heterocycles. The SMILES string of the molecule is CC(=O)Nc1ccc(Nc2ccc(NC(=O)c3ccccc3C)cc2)cc1. The van der Waals surface area contributed by atoms with Gasteiger partial charge in [0.25, 0.3) is 5.91 Å². The van der Waals surface area contributed by atoms with Gasteiger partial charge in [0.15, 0.2) is 0 Å². The molecule has 2 amide bonds. The fourth-order valence-corrected chi connectivity index (χ4v) is 2.67. The second-order valence-corrected chi connectivity index (χ2v) is 6.23. The number of anilines is 4. The first kappa shape index (κ1) is 18.2. The van der Waals surface area contributed by atoms with Gasteiger partial charge in [0.2, 0.25) is 5.91 Å². The van der Waals surface area contributed by atoms with Gasteiger partial charge in [0.1, 0.15) is 0 Å². The number of benzene rings is 3. The summed E-state index contributed by atoms with van der Waals surface area (Å²) in [7, 11) is 0. The minimum atomic E-state index is -0.123. The number of carbonyl (C=O) groups excluding carboxylic acids is 2. The van der Waals surface area contributed by atoms with E-state index >= 15 is 0 Å². The zero-order valence-corrected chi connectivity index (χ0v) is 15.2. The predicted octanol–water partition coefficient (Wildman–Crippen LogP) is 4.95. The van der Waals surface area contributed by atoms with Gasteiger partial charge in [0.05, 0.1) is 0 Å². The van der Waals surface area contributed by atoms with Crippen LogP contribution >= 0.6 is 0 Å². The van der Waals surface area contributed by atoms with Crippen molar-refractivity contribution >= 4 is 34.6 Å². The maximum atomic E-state index is 12.4. The summed E-state index contributed by atoms with van der Waals surface area (Å²) in [6.07, 6.45) is 0. The summed E-state index contributed by atoms with van der Waals surface area (Å²) in [5, 5.41) is 8.92. The molecule has 27 heavy (non-hydrogen) atoms. The summed E-state index contributed by atoms with van der Waals surface area (Å²) in [5.41, 5.74) is 4.89. The lowest BCUT2D eigenvalue weighted by Gasteiger charge is -2.10. The van der Waals surface area contributed by atoms with Gasteiger partial charge in [-0.2, -0.15) is 0 Å². The van der Waals surface area contributed by atoms with Crippen LogP contribution in [0.4, 0.5) is 22.7 Å². The Morgan fingerprint density at radius 3 is 1.67 bits per heavy atom. The molecule has 0 atom stereocenters. The molecule has 0 saturated carbocycles. The Bertz CT molecular complexity index is 948. The third-order valence-corrected chi connectivity index (χ3v) is 4.03. The first-order valence-electron chi connectivity index (χ1n) is 8.63. The number of hydrogen-bond donors (Lipinski definition) is 3. The summed E-state index contributed by atoms with van der Waals surface area (Å²) < 4.78 is 0. The molecule has 0 spiro atoms. The van der Waals surface area contributed by atoms with Crippen molar-refractivity contribution in [2.45, 2.75) is 13.8 Å². The monoisotopic (exact) mass is 359 g/mol. The highest BCUT2D eigenvalue weighted by Gasteiger charge is 2.08. The largest absolute Gasteiger partial charge is 0.356 e. The quantitative estimate of drug-likeness (QED) is 0.604. The standard InChI is InChI=1S/C22H21N3O2/c1-15-5-3-4-6-21(15)22(27)25-20-13-11-19(12-14-20)24-18-9-7-17(8-10-18)23-16(2)26/h3-14,24H,1-2H3,(H,23,26)(H,25,27). The summed E-state index contributed by atoms with van der Waals surface area (Å²) in [6, 6.07) is 22.4. The van der Waals surface area contributed by atoms with Gasteiger partial charge in [-0.1, -0.05) is 18.2 Å². The van der Waals surface area contributed by atoms with Gasteiger partial charge in [0, 0.05) is 35.2 Å². The summed E-state index contributed by atoms with van der Waals surface area (Å²) in [5.74, 6) is -0.221. The highest BCUT2D eigenvalue weighted by atomic mass is 16.2. The lowest BCUT2D eigenvalue weighted by molar-refractivity contribution is -0.114. The Morgan fingerprint density at radius 1 is 0.667 bits per heavy atom. The van der Waals surface area contributed by atoms with Gasteiger partial charge < -0.3 is 16.0 Å². The van der Waals surface area contributed by atoms with Crippen LogP contribution in [-0.4, -0.2) is 11.8 Å². The van der Waals surface area contributed by atoms with E-state index in [0.29, 0.717) is 5.56 Å². The van der Waals surface area contributed by atoms with Crippen molar-refractivity contribution in [1.29, 1.82) is 0 Å². The van der Waals surface area contributed by atoms with E-state index in [4.69, 9.17) is 0 Å². The molecular formula is C22H21N3O2. The van der Waals surface area contributed by atoms with Gasteiger partial charge >= 0.3 is 0 Å². The zero-order valence-electron chi connectivity index (χ0n) is 15.2. The van der Waals surface area contributed by atoms with E-state index in [1.165, 1.54) is 6.92 Å². The maximum Gasteiger partial charge on any atom is 0.255 e. The van der Waals surface area contributed by atoms with Gasteiger partial charge in [-0.25, -0.2) is 0 Å². The number of amides is 2. The normalized spacial score (nSPS) is 10.1. The Hall–Kier alpha value is -3.60. The molecule has 0 saturated heterocycles. The van der Waals surface area contributed by atoms with Crippen molar-refractivity contribution in [2.75, 3.05) is 16.0 Å². The Labute approximate surface area is 158 Å². The van der Waals surface area contributed by atoms with Crippen LogP contribution in [-0.2, 0) is 4.79 Å². The minimum Gasteiger partial charge on any atom is -0.356 e. The van der Waals surface area contributed by atoms with Crippen molar-refractivity contribution in [1.82, 2.24) is 0 Å². The molecule has 5 nitrogen and oxygen atoms in total. The van der Waals surface area contributed by atoms with E-state index in [-0.39, 0.29) is 11.8 Å². The number of aryl methyl sites for hydroxylation is 1. The zero-order chi connectivity index (χ0) is 19.2. The lowest BCUT2D eigenvalue weighted by Crippen LogP contribution is -2.13. The molecule has 3 rings (SSSR count). The van der Waals surface area contributed by atoms with Crippen LogP contribution in [0.2, 0.25) is 0 Å². The topological polar surface area (TPSA) is 70.2 Å². The van der Waals surface area contributed by atoms with Crippen LogP contribution in [0.15, 0.2) is 72.8 Å². The molecular weight excluding hydrogens is 338 g/mol. The van der Waals surface area contributed by atoms with E-state index in [2.05, 4.69) is 16.0 Å². The Balaban J connectivity index is 1.62. The molecule has 0 heterocycles. The lowest BCUT2D eigenvalue weighted by atomic mass is 10.1. The molecule has 3 aromatic carbocycles. The molecule has 3 N–H and O–H groups in total. The van der Waals surface area contributed by atoms with Crippen molar-refractivity contribution in [3.8, 4) is 0 Å². The fraction of sp³-hybridized carbons (Fsp3) is 0.0909. The van der Waals surface area contributed by atoms with Gasteiger partial charge in [-0.15, -0.1) is 0 Å². The number of rotatable bonds is 5. The molecule has 0 radical (unpaired) electrons. The van der Waals surface area contributed by atoms with Crippen LogP contribution in [0.5, 0.6) is 0 Å². The van der Waals surface area contributed by atoms with Crippen LogP contribution in [0, 0.1) is 6.92 Å². The highest BCUT2D eigenvalue weighted by molar-refractivity contribution is 6.05. The molecule has 5 heteroatoms. The van der Waals surface area contributed by atoms with Crippen molar-refractivity contribution in [2.24, 2.45) is 0 Å². The van der Waals surface area contributed by atoms with E-state index in [0.717, 1.165) is 28.3 Å². The Morgan fingerprint density at radius 2 is 1.15 bits per heavy atom. The summed E-state index contributed by atoms with van der Waals surface area (Å²) >= 11 is 0. The van der Waals surface area contributed by atoms with Crippen LogP contribution in [0.3, 0.4) is 0 Å². The van der Waals surface area contributed by atoms with Crippen LogP contribution in [0.25, 0.3) is 0 Å². The van der Waals surface area contributed by atoms with E-state index in [1.807, 2.05) is 79.7 Å². The summed E-state index contributed by atoms with van der Waals surface area (Å²) in [4.78, 5) is 23.4. The van der Waals surface area contributed by atoms with Crippen molar-refractivity contribution in [3.05, 3.63) is 83.9 Å². The molecule has 0 aromatic heterocycles. The minimum absolute atomic E-state index is 0.0981. The molecule has 0 aliphatic carbocycles. The second kappa shape index (κ2) is 8.19. The van der Waals surface area contributed by atoms with Crippen LogP contribution < -0.4 is 16.0 Å². The van der Waals surface area contributed by atoms with E-state index < -0.39 is 0 Å². The molecule has 3 aromatic rings. The van der Waals surface area contributed by atoms with E-state index in [1.54, 1.807) is 0 Å². The van der Waals surface area contributed by atoms with Gasteiger partial charge in [-0.3, -0.25) is 9.59 Å². The number of carbonyl (C=O) groups is 2. The Kier molecular flexibility index (Phi) is 5.52. The smallest absolute Gasteiger partial charge is 0.255 e. The molecule has 0 fully saturated rings. The third-order valence-electron chi connectivity index (χ3n) is 4.03. The molecule has 136 valence electrons. The first-order valence-corrected chi connectivity index (χ1v) is 8.63. The van der Waals surface area contributed by atoms with E-state index in [9.17, 15) is 9.59 Å². The molecule has 0 aliphatic rings. The molecule has 0 bridgehead atoms. The van der Waals surface area contributed by atoms with Crippen molar-refractivity contribution < 1.29 is 9.59 Å².